The molecule has 4 heteroatoms. The van der Waals surface area contributed by atoms with Crippen LogP contribution >= 0.6 is 0 Å². The molecule has 92 valence electrons. The molecule has 0 aromatic heterocycles. The highest BCUT2D eigenvalue weighted by atomic mass is 16.5. The van der Waals surface area contributed by atoms with Gasteiger partial charge in [0.2, 0.25) is 5.91 Å². The summed E-state index contributed by atoms with van der Waals surface area (Å²) in [7, 11) is 0. The zero-order valence-corrected chi connectivity index (χ0v) is 10.4. The van der Waals surface area contributed by atoms with Gasteiger partial charge in [-0.25, -0.2) is 0 Å². The summed E-state index contributed by atoms with van der Waals surface area (Å²) in [6, 6.07) is 0.333. The number of hydrogen-bond acceptors (Lipinski definition) is 3. The van der Waals surface area contributed by atoms with Crippen LogP contribution in [0.2, 0.25) is 0 Å². The van der Waals surface area contributed by atoms with Crippen LogP contribution in [-0.4, -0.2) is 42.1 Å². The molecule has 2 N–H and O–H groups in total. The van der Waals surface area contributed by atoms with Crippen molar-refractivity contribution < 1.29 is 9.53 Å². The van der Waals surface area contributed by atoms with Crippen LogP contribution in [0.25, 0.3) is 0 Å². The molecular formula is C12H22N2O2. The third-order valence-electron chi connectivity index (χ3n) is 4.06. The van der Waals surface area contributed by atoms with E-state index in [1.165, 1.54) is 0 Å². The molecule has 2 aliphatic rings. The fourth-order valence-corrected chi connectivity index (χ4v) is 2.94. The van der Waals surface area contributed by atoms with Gasteiger partial charge in [0.1, 0.15) is 0 Å². The van der Waals surface area contributed by atoms with E-state index >= 15 is 0 Å². The number of carbonyl (C=O) groups is 1. The molecule has 2 fully saturated rings. The lowest BCUT2D eigenvalue weighted by molar-refractivity contribution is -0.162. The second-order valence-electron chi connectivity index (χ2n) is 5.53. The van der Waals surface area contributed by atoms with Crippen LogP contribution in [0.1, 0.15) is 33.6 Å². The van der Waals surface area contributed by atoms with Crippen molar-refractivity contribution in [3.05, 3.63) is 0 Å². The number of carbonyl (C=O) groups excluding carboxylic acids is 1. The quantitative estimate of drug-likeness (QED) is 0.772. The second-order valence-corrected chi connectivity index (χ2v) is 5.53. The Morgan fingerprint density at radius 1 is 1.56 bits per heavy atom. The topological polar surface area (TPSA) is 55.6 Å². The van der Waals surface area contributed by atoms with E-state index in [9.17, 15) is 4.79 Å². The molecule has 3 unspecified atom stereocenters. The smallest absolute Gasteiger partial charge is 0.224 e. The van der Waals surface area contributed by atoms with Gasteiger partial charge in [0.05, 0.1) is 6.10 Å². The number of likely N-dealkylation sites (tertiary alicyclic amines) is 1. The monoisotopic (exact) mass is 226 g/mol. The van der Waals surface area contributed by atoms with Crippen LogP contribution in [0.15, 0.2) is 0 Å². The molecule has 1 aliphatic heterocycles. The molecule has 0 aromatic carbocycles. The van der Waals surface area contributed by atoms with Crippen molar-refractivity contribution in [3.8, 4) is 0 Å². The number of nitrogens with two attached hydrogens (primary N) is 1. The standard InChI is InChI=1S/C12H22N2O2/c1-4-16-10-6-9(12(10,2)3)14-7-8(13)5-11(14)15/h8-10H,4-7,13H2,1-3H3. The fourth-order valence-electron chi connectivity index (χ4n) is 2.94. The number of rotatable bonds is 3. The SMILES string of the molecule is CCOC1CC(N2CC(N)CC2=O)C1(C)C. The molecule has 1 saturated heterocycles. The molecule has 16 heavy (non-hydrogen) atoms. The summed E-state index contributed by atoms with van der Waals surface area (Å²) in [5.74, 6) is 0.209. The second kappa shape index (κ2) is 4.00. The van der Waals surface area contributed by atoms with Crippen molar-refractivity contribution in [2.75, 3.05) is 13.2 Å². The summed E-state index contributed by atoms with van der Waals surface area (Å²) in [6.07, 6.45) is 1.75. The van der Waals surface area contributed by atoms with Gasteiger partial charge in [0.25, 0.3) is 0 Å². The number of ether oxygens (including phenoxy) is 1. The van der Waals surface area contributed by atoms with Gasteiger partial charge in [-0.1, -0.05) is 13.8 Å². The van der Waals surface area contributed by atoms with E-state index in [0.717, 1.165) is 13.0 Å². The minimum absolute atomic E-state index is 0.0226. The molecule has 1 amide bonds. The third kappa shape index (κ3) is 1.74. The van der Waals surface area contributed by atoms with Gasteiger partial charge in [-0.15, -0.1) is 0 Å². The lowest BCUT2D eigenvalue weighted by atomic mass is 9.63. The molecule has 3 atom stereocenters. The summed E-state index contributed by atoms with van der Waals surface area (Å²) in [4.78, 5) is 13.7. The van der Waals surface area contributed by atoms with Crippen LogP contribution in [-0.2, 0) is 9.53 Å². The molecule has 1 saturated carbocycles. The third-order valence-corrected chi connectivity index (χ3v) is 4.06. The Kier molecular flexibility index (Phi) is 2.97. The summed E-state index contributed by atoms with van der Waals surface area (Å²) in [5.41, 5.74) is 5.89. The van der Waals surface area contributed by atoms with Gasteiger partial charge in [0, 0.05) is 37.1 Å². The van der Waals surface area contributed by atoms with Gasteiger partial charge in [-0.3, -0.25) is 4.79 Å². The predicted molar refractivity (Wildman–Crippen MR) is 61.9 cm³/mol. The van der Waals surface area contributed by atoms with Crippen LogP contribution < -0.4 is 5.73 Å². The van der Waals surface area contributed by atoms with E-state index in [-0.39, 0.29) is 23.5 Å². The minimum atomic E-state index is 0.0226. The van der Waals surface area contributed by atoms with Gasteiger partial charge >= 0.3 is 0 Å². The van der Waals surface area contributed by atoms with Gasteiger partial charge < -0.3 is 15.4 Å². The highest BCUT2D eigenvalue weighted by Crippen LogP contribution is 2.46. The van der Waals surface area contributed by atoms with Crippen LogP contribution in [0.3, 0.4) is 0 Å². The Morgan fingerprint density at radius 2 is 2.25 bits per heavy atom. The molecule has 2 rings (SSSR count). The van der Waals surface area contributed by atoms with Gasteiger partial charge in [-0.2, -0.15) is 0 Å². The normalized spacial score (nSPS) is 37.6. The van der Waals surface area contributed by atoms with Crippen molar-refractivity contribution >= 4 is 5.91 Å². The van der Waals surface area contributed by atoms with Crippen molar-refractivity contribution in [3.63, 3.8) is 0 Å². The highest BCUT2D eigenvalue weighted by molar-refractivity contribution is 5.79. The first kappa shape index (κ1) is 11.9. The van der Waals surface area contributed by atoms with Crippen molar-refractivity contribution in [2.45, 2.75) is 51.8 Å². The Hall–Kier alpha value is -0.610. The first-order valence-corrected chi connectivity index (χ1v) is 6.13. The molecule has 0 radical (unpaired) electrons. The Morgan fingerprint density at radius 3 is 2.69 bits per heavy atom. The van der Waals surface area contributed by atoms with Crippen molar-refractivity contribution in [2.24, 2.45) is 11.1 Å². The maximum absolute atomic E-state index is 11.8. The Labute approximate surface area is 97.1 Å². The number of amides is 1. The highest BCUT2D eigenvalue weighted by Gasteiger charge is 2.53. The van der Waals surface area contributed by atoms with Crippen molar-refractivity contribution in [1.29, 1.82) is 0 Å². The number of nitrogens with zero attached hydrogens (tertiary/aromatic N) is 1. The Bertz CT molecular complexity index is 291. The first-order valence-electron chi connectivity index (χ1n) is 6.13. The van der Waals surface area contributed by atoms with E-state index in [2.05, 4.69) is 13.8 Å². The summed E-state index contributed by atoms with van der Waals surface area (Å²) in [6.45, 7) is 7.83. The molecule has 0 spiro atoms. The van der Waals surface area contributed by atoms with E-state index in [1.807, 2.05) is 11.8 Å². The molecule has 0 aromatic rings. The summed E-state index contributed by atoms with van der Waals surface area (Å²) >= 11 is 0. The van der Waals surface area contributed by atoms with Crippen LogP contribution in [0, 0.1) is 5.41 Å². The summed E-state index contributed by atoms with van der Waals surface area (Å²) in [5, 5.41) is 0. The lowest BCUT2D eigenvalue weighted by Crippen LogP contribution is -2.62. The Balaban J connectivity index is 2.00. The van der Waals surface area contributed by atoms with Crippen LogP contribution in [0.4, 0.5) is 0 Å². The maximum Gasteiger partial charge on any atom is 0.224 e. The molecule has 1 aliphatic carbocycles. The van der Waals surface area contributed by atoms with E-state index in [4.69, 9.17) is 10.5 Å². The van der Waals surface area contributed by atoms with Crippen molar-refractivity contribution in [1.82, 2.24) is 4.90 Å². The van der Waals surface area contributed by atoms with E-state index < -0.39 is 0 Å². The lowest BCUT2D eigenvalue weighted by Gasteiger charge is -2.54. The zero-order valence-electron chi connectivity index (χ0n) is 10.4. The average Bonchev–Trinajstić information content (AvgIpc) is 2.51. The average molecular weight is 226 g/mol. The molecule has 4 nitrogen and oxygen atoms in total. The zero-order chi connectivity index (χ0) is 11.9. The first-order chi connectivity index (χ1) is 7.46. The predicted octanol–water partition coefficient (Wildman–Crippen LogP) is 0.750. The van der Waals surface area contributed by atoms with E-state index in [1.54, 1.807) is 0 Å². The minimum Gasteiger partial charge on any atom is -0.378 e. The van der Waals surface area contributed by atoms with Gasteiger partial charge in [0.15, 0.2) is 0 Å². The number of hydrogen-bond donors (Lipinski definition) is 1. The van der Waals surface area contributed by atoms with Gasteiger partial charge in [-0.05, 0) is 13.3 Å². The molecule has 0 bridgehead atoms. The summed E-state index contributed by atoms with van der Waals surface area (Å²) < 4.78 is 5.68. The fraction of sp³-hybridized carbons (Fsp3) is 0.917. The van der Waals surface area contributed by atoms with Crippen LogP contribution in [0.5, 0.6) is 0 Å². The maximum atomic E-state index is 11.8. The van der Waals surface area contributed by atoms with E-state index in [0.29, 0.717) is 19.0 Å². The largest absolute Gasteiger partial charge is 0.378 e. The molecular weight excluding hydrogens is 204 g/mol. The molecule has 1 heterocycles.